The molecule has 5 N–H and O–H groups in total. The molecule has 8 nitrogen and oxygen atoms in total. The van der Waals surface area contributed by atoms with E-state index in [1.54, 1.807) is 0 Å². The largest absolute Gasteiger partial charge is 0.378 e. The molecule has 0 aliphatic rings. The summed E-state index contributed by atoms with van der Waals surface area (Å²) in [5.41, 5.74) is 10.4. The quantitative estimate of drug-likeness (QED) is 0.516. The summed E-state index contributed by atoms with van der Waals surface area (Å²) in [6.45, 7) is 3.63. The lowest BCUT2D eigenvalue weighted by atomic mass is 10.0. The molecule has 8 heteroatoms. The maximum Gasteiger partial charge on any atom is 0.311 e. The summed E-state index contributed by atoms with van der Waals surface area (Å²) in [6.07, 6.45) is 0. The molecule has 1 amide bonds. The second-order valence-electron chi connectivity index (χ2n) is 4.13. The van der Waals surface area contributed by atoms with Crippen LogP contribution in [0.2, 0.25) is 0 Å². The number of nitrogens with zero attached hydrogens (tertiary/aromatic N) is 2. The van der Waals surface area contributed by atoms with Crippen LogP contribution in [-0.4, -0.2) is 21.9 Å². The van der Waals surface area contributed by atoms with Gasteiger partial charge in [-0.15, -0.1) is 0 Å². The second kappa shape index (κ2) is 5.30. The van der Waals surface area contributed by atoms with Crippen molar-refractivity contribution in [2.75, 3.05) is 11.1 Å². The predicted octanol–water partition coefficient (Wildman–Crippen LogP) is 0.494. The summed E-state index contributed by atoms with van der Waals surface area (Å²) in [5.74, 6) is -0.503. The van der Waals surface area contributed by atoms with Gasteiger partial charge in [-0.2, -0.15) is 0 Å². The van der Waals surface area contributed by atoms with E-state index in [2.05, 4.69) is 10.3 Å². The number of rotatable bonds is 5. The van der Waals surface area contributed by atoms with Crippen LogP contribution >= 0.6 is 0 Å². The van der Waals surface area contributed by atoms with Crippen molar-refractivity contribution in [3.8, 4) is 0 Å². The number of hydrogen-bond donors (Lipinski definition) is 3. The first-order valence-electron chi connectivity index (χ1n) is 5.29. The normalized spacial score (nSPS) is 12.2. The van der Waals surface area contributed by atoms with Gasteiger partial charge in [0.1, 0.15) is 11.9 Å². The van der Waals surface area contributed by atoms with Gasteiger partial charge in [-0.3, -0.25) is 14.9 Å². The Kier molecular flexibility index (Phi) is 4.03. The fraction of sp³-hybridized carbons (Fsp3) is 0.400. The monoisotopic (exact) mass is 253 g/mol. The van der Waals surface area contributed by atoms with Crippen molar-refractivity contribution in [3.05, 3.63) is 22.2 Å². The van der Waals surface area contributed by atoms with Crippen molar-refractivity contribution < 1.29 is 9.72 Å². The predicted molar refractivity (Wildman–Crippen MR) is 66.7 cm³/mol. The van der Waals surface area contributed by atoms with Crippen molar-refractivity contribution >= 4 is 23.2 Å². The van der Waals surface area contributed by atoms with Gasteiger partial charge in [0.25, 0.3) is 0 Å². The van der Waals surface area contributed by atoms with Crippen molar-refractivity contribution in [1.82, 2.24) is 4.98 Å². The summed E-state index contributed by atoms with van der Waals surface area (Å²) in [7, 11) is 0. The third kappa shape index (κ3) is 3.06. The second-order valence-corrected chi connectivity index (χ2v) is 4.13. The minimum atomic E-state index is -0.625. The molecule has 0 aliphatic heterocycles. The van der Waals surface area contributed by atoms with Crippen LogP contribution in [0.3, 0.4) is 0 Å². The summed E-state index contributed by atoms with van der Waals surface area (Å²) < 4.78 is 0. The number of nitrogens with one attached hydrogen (secondary N) is 1. The molecule has 1 aromatic heterocycles. The van der Waals surface area contributed by atoms with E-state index in [9.17, 15) is 14.9 Å². The third-order valence-corrected chi connectivity index (χ3v) is 2.38. The lowest BCUT2D eigenvalue weighted by molar-refractivity contribution is -0.384. The highest BCUT2D eigenvalue weighted by Gasteiger charge is 2.21. The van der Waals surface area contributed by atoms with Gasteiger partial charge in [0.05, 0.1) is 4.92 Å². The molecular formula is C10H15N5O3. The number of carbonyl (C=O) groups is 1. The Bertz CT molecular complexity index is 475. The zero-order valence-electron chi connectivity index (χ0n) is 10.1. The van der Waals surface area contributed by atoms with Crippen LogP contribution < -0.4 is 16.8 Å². The number of primary amides is 1. The number of anilines is 2. The van der Waals surface area contributed by atoms with E-state index in [1.165, 1.54) is 12.1 Å². The number of nitrogen functional groups attached to an aromatic ring is 1. The Hall–Kier alpha value is -2.38. The molecule has 0 spiro atoms. The highest BCUT2D eigenvalue weighted by Crippen LogP contribution is 2.21. The Morgan fingerprint density at radius 2 is 2.11 bits per heavy atom. The van der Waals surface area contributed by atoms with Crippen LogP contribution in [0.25, 0.3) is 0 Å². The van der Waals surface area contributed by atoms with Crippen molar-refractivity contribution in [2.24, 2.45) is 11.7 Å². The van der Waals surface area contributed by atoms with Gasteiger partial charge >= 0.3 is 5.69 Å². The minimum absolute atomic E-state index is 0.0410. The summed E-state index contributed by atoms with van der Waals surface area (Å²) in [6, 6.07) is 1.99. The van der Waals surface area contributed by atoms with Gasteiger partial charge in [0.15, 0.2) is 0 Å². The molecule has 98 valence electrons. The third-order valence-electron chi connectivity index (χ3n) is 2.38. The molecule has 1 aromatic rings. The number of carbonyl (C=O) groups excluding carboxylic acids is 1. The molecular weight excluding hydrogens is 238 g/mol. The average molecular weight is 253 g/mol. The summed E-state index contributed by atoms with van der Waals surface area (Å²) in [5, 5.41) is 13.4. The number of pyridine rings is 1. The van der Waals surface area contributed by atoms with E-state index >= 15 is 0 Å². The Balaban J connectivity index is 2.95. The molecule has 0 saturated heterocycles. The molecule has 0 aromatic carbocycles. The number of nitro groups is 1. The van der Waals surface area contributed by atoms with Gasteiger partial charge < -0.3 is 16.8 Å². The molecule has 1 rings (SSSR count). The van der Waals surface area contributed by atoms with E-state index in [0.717, 1.165) is 0 Å². The fourth-order valence-corrected chi connectivity index (χ4v) is 1.43. The number of hydrogen-bond acceptors (Lipinski definition) is 6. The molecule has 0 saturated carbocycles. The van der Waals surface area contributed by atoms with E-state index in [0.29, 0.717) is 0 Å². The zero-order valence-corrected chi connectivity index (χ0v) is 10.1. The van der Waals surface area contributed by atoms with Gasteiger partial charge in [-0.25, -0.2) is 4.98 Å². The van der Waals surface area contributed by atoms with Gasteiger partial charge in [0.2, 0.25) is 11.7 Å². The van der Waals surface area contributed by atoms with Crippen LogP contribution in [0, 0.1) is 16.0 Å². The smallest absolute Gasteiger partial charge is 0.311 e. The van der Waals surface area contributed by atoms with Gasteiger partial charge in [-0.05, 0) is 12.0 Å². The zero-order chi connectivity index (χ0) is 13.9. The van der Waals surface area contributed by atoms with Gasteiger partial charge in [-0.1, -0.05) is 13.8 Å². The maximum atomic E-state index is 11.2. The van der Waals surface area contributed by atoms with Crippen molar-refractivity contribution in [3.63, 3.8) is 0 Å². The van der Waals surface area contributed by atoms with E-state index in [-0.39, 0.29) is 23.2 Å². The molecule has 0 bridgehead atoms. The maximum absolute atomic E-state index is 11.2. The molecule has 1 heterocycles. The standard InChI is InChI=1S/C10H15N5O3/c1-5(2)8(10(12)16)13-7-4-3-6(15(17)18)9(11)14-7/h3-5,8H,1-2H3,(H2,12,16)(H3,11,13,14). The molecule has 1 atom stereocenters. The summed E-state index contributed by atoms with van der Waals surface area (Å²) in [4.78, 5) is 25.0. The fourth-order valence-electron chi connectivity index (χ4n) is 1.43. The number of aromatic nitrogens is 1. The number of nitrogens with two attached hydrogens (primary N) is 2. The van der Waals surface area contributed by atoms with E-state index in [1.807, 2.05) is 13.8 Å². The van der Waals surface area contributed by atoms with Crippen LogP contribution in [0.1, 0.15) is 13.8 Å². The van der Waals surface area contributed by atoms with Crippen LogP contribution in [0.5, 0.6) is 0 Å². The molecule has 0 fully saturated rings. The Morgan fingerprint density at radius 1 is 1.50 bits per heavy atom. The first kappa shape index (κ1) is 13.7. The minimum Gasteiger partial charge on any atom is -0.378 e. The van der Waals surface area contributed by atoms with E-state index < -0.39 is 16.9 Å². The van der Waals surface area contributed by atoms with Crippen LogP contribution in [0.15, 0.2) is 12.1 Å². The van der Waals surface area contributed by atoms with Crippen LogP contribution in [-0.2, 0) is 4.79 Å². The Labute approximate surface area is 104 Å². The summed E-state index contributed by atoms with van der Waals surface area (Å²) >= 11 is 0. The molecule has 18 heavy (non-hydrogen) atoms. The SMILES string of the molecule is CC(C)C(Nc1ccc([N+](=O)[O-])c(N)n1)C(N)=O. The molecule has 1 unspecified atom stereocenters. The first-order chi connectivity index (χ1) is 8.32. The topological polar surface area (TPSA) is 137 Å². The van der Waals surface area contributed by atoms with Crippen LogP contribution in [0.4, 0.5) is 17.3 Å². The lowest BCUT2D eigenvalue weighted by Crippen LogP contribution is -2.39. The van der Waals surface area contributed by atoms with E-state index in [4.69, 9.17) is 11.5 Å². The Morgan fingerprint density at radius 3 is 2.50 bits per heavy atom. The lowest BCUT2D eigenvalue weighted by Gasteiger charge is -2.19. The average Bonchev–Trinajstić information content (AvgIpc) is 2.24. The van der Waals surface area contributed by atoms with Crippen molar-refractivity contribution in [1.29, 1.82) is 0 Å². The van der Waals surface area contributed by atoms with Crippen molar-refractivity contribution in [2.45, 2.75) is 19.9 Å². The molecule has 0 aliphatic carbocycles. The highest BCUT2D eigenvalue weighted by molar-refractivity contribution is 5.83. The van der Waals surface area contributed by atoms with Gasteiger partial charge in [0, 0.05) is 6.07 Å². The number of amides is 1. The molecule has 0 radical (unpaired) electrons. The first-order valence-corrected chi connectivity index (χ1v) is 5.29. The highest BCUT2D eigenvalue weighted by atomic mass is 16.6.